The molecule has 4 nitrogen and oxygen atoms in total. The molecule has 0 radical (unpaired) electrons. The van der Waals surface area contributed by atoms with E-state index in [1.165, 1.54) is 10.5 Å². The zero-order valence-electron chi connectivity index (χ0n) is 13.4. The molecule has 1 aliphatic heterocycles. The minimum Gasteiger partial charge on any atom is -0.393 e. The Bertz CT molecular complexity index is 624. The molecule has 2 aromatic rings. The number of nitrogens with one attached hydrogen (secondary N) is 1. The third-order valence-corrected chi connectivity index (χ3v) is 4.94. The minimum atomic E-state index is -0.165. The molecule has 0 unspecified atom stereocenters. The maximum absolute atomic E-state index is 9.67. The Hall–Kier alpha value is -1.72. The van der Waals surface area contributed by atoms with Gasteiger partial charge >= 0.3 is 0 Å². The number of aromatic nitrogens is 1. The number of anilines is 2. The van der Waals surface area contributed by atoms with Crippen LogP contribution >= 0.6 is 11.8 Å². The number of piperidine rings is 1. The van der Waals surface area contributed by atoms with Crippen molar-refractivity contribution in [1.82, 2.24) is 4.98 Å². The number of benzene rings is 1. The van der Waals surface area contributed by atoms with Crippen LogP contribution in [0.3, 0.4) is 0 Å². The molecule has 3 rings (SSSR count). The van der Waals surface area contributed by atoms with E-state index in [4.69, 9.17) is 0 Å². The van der Waals surface area contributed by atoms with Crippen molar-refractivity contribution in [2.45, 2.75) is 30.4 Å². The summed E-state index contributed by atoms with van der Waals surface area (Å²) in [5, 5.41) is 13.2. The van der Waals surface area contributed by atoms with Crippen molar-refractivity contribution in [3.63, 3.8) is 0 Å². The van der Waals surface area contributed by atoms with E-state index in [1.54, 1.807) is 11.8 Å². The molecule has 0 atom stereocenters. The van der Waals surface area contributed by atoms with Crippen molar-refractivity contribution in [3.05, 3.63) is 48.2 Å². The Labute approximate surface area is 141 Å². The summed E-state index contributed by atoms with van der Waals surface area (Å²) in [5.41, 5.74) is 2.31. The number of thioether (sulfide) groups is 1. The molecule has 0 saturated carbocycles. The fraction of sp³-hybridized carbons (Fsp3) is 0.389. The van der Waals surface area contributed by atoms with Gasteiger partial charge in [0.1, 0.15) is 0 Å². The van der Waals surface area contributed by atoms with Gasteiger partial charge < -0.3 is 15.3 Å². The van der Waals surface area contributed by atoms with Gasteiger partial charge in [-0.15, -0.1) is 11.8 Å². The second kappa shape index (κ2) is 7.70. The third-order valence-electron chi connectivity index (χ3n) is 4.19. The quantitative estimate of drug-likeness (QED) is 0.824. The first-order valence-electron chi connectivity index (χ1n) is 8.01. The van der Waals surface area contributed by atoms with Crippen LogP contribution in [0.5, 0.6) is 0 Å². The Morgan fingerprint density at radius 1 is 1.22 bits per heavy atom. The molecule has 0 spiro atoms. The number of rotatable bonds is 5. The maximum atomic E-state index is 9.67. The van der Waals surface area contributed by atoms with E-state index in [0.717, 1.165) is 44.0 Å². The minimum absolute atomic E-state index is 0.165. The molecule has 0 amide bonds. The molecule has 1 fully saturated rings. The van der Waals surface area contributed by atoms with Crippen LogP contribution in [-0.2, 0) is 6.54 Å². The number of nitrogens with zero attached hydrogens (tertiary/aromatic N) is 2. The lowest BCUT2D eigenvalue weighted by atomic mass is 10.1. The molecule has 1 saturated heterocycles. The molecule has 122 valence electrons. The predicted molar refractivity (Wildman–Crippen MR) is 97.2 cm³/mol. The molecule has 2 heterocycles. The van der Waals surface area contributed by atoms with Gasteiger partial charge in [-0.2, -0.15) is 0 Å². The summed E-state index contributed by atoms with van der Waals surface area (Å²) in [6.07, 6.45) is 5.38. The smallest absolute Gasteiger partial charge is 0.151 e. The van der Waals surface area contributed by atoms with Crippen LogP contribution in [0.1, 0.15) is 18.4 Å². The van der Waals surface area contributed by atoms with E-state index in [9.17, 15) is 5.11 Å². The van der Waals surface area contributed by atoms with Crippen LogP contribution in [0.4, 0.5) is 11.5 Å². The van der Waals surface area contributed by atoms with Crippen molar-refractivity contribution >= 4 is 23.3 Å². The third kappa shape index (κ3) is 4.18. The van der Waals surface area contributed by atoms with Gasteiger partial charge in [-0.1, -0.05) is 12.1 Å². The van der Waals surface area contributed by atoms with Gasteiger partial charge in [-0.3, -0.25) is 0 Å². The van der Waals surface area contributed by atoms with Crippen molar-refractivity contribution in [3.8, 4) is 0 Å². The van der Waals surface area contributed by atoms with Gasteiger partial charge in [-0.05, 0) is 48.9 Å². The lowest BCUT2D eigenvalue weighted by Gasteiger charge is -2.31. The molecule has 1 aromatic carbocycles. The number of hydrogen-bond acceptors (Lipinski definition) is 5. The van der Waals surface area contributed by atoms with Gasteiger partial charge in [0.2, 0.25) is 0 Å². The molecular formula is C18H23N3OS. The number of hydrogen-bond donors (Lipinski definition) is 2. The second-order valence-electron chi connectivity index (χ2n) is 5.79. The standard InChI is InChI=1S/C18H23N3OS/c1-23-16-6-4-14(5-7-16)13-20-17-3-2-10-19-18(17)21-11-8-15(22)9-12-21/h2-7,10,15,20,22H,8-9,11-13H2,1H3. The SMILES string of the molecule is CSc1ccc(CNc2cccnc2N2CCC(O)CC2)cc1. The molecule has 0 bridgehead atoms. The largest absolute Gasteiger partial charge is 0.393 e. The fourth-order valence-electron chi connectivity index (χ4n) is 2.81. The molecule has 23 heavy (non-hydrogen) atoms. The summed E-state index contributed by atoms with van der Waals surface area (Å²) in [4.78, 5) is 8.08. The van der Waals surface area contributed by atoms with Gasteiger partial charge in [0.15, 0.2) is 5.82 Å². The molecule has 1 aliphatic rings. The average molecular weight is 329 g/mol. The van der Waals surface area contributed by atoms with E-state index >= 15 is 0 Å². The predicted octanol–water partition coefficient (Wildman–Crippen LogP) is 3.38. The monoisotopic (exact) mass is 329 g/mol. The van der Waals surface area contributed by atoms with E-state index < -0.39 is 0 Å². The van der Waals surface area contributed by atoms with Crippen LogP contribution in [0.25, 0.3) is 0 Å². The summed E-state index contributed by atoms with van der Waals surface area (Å²) in [6, 6.07) is 12.7. The first-order valence-corrected chi connectivity index (χ1v) is 9.23. The average Bonchev–Trinajstić information content (AvgIpc) is 2.61. The second-order valence-corrected chi connectivity index (χ2v) is 6.67. The lowest BCUT2D eigenvalue weighted by Crippen LogP contribution is -2.36. The normalized spacial score (nSPS) is 15.7. The van der Waals surface area contributed by atoms with Crippen LogP contribution in [-0.4, -0.2) is 35.5 Å². The van der Waals surface area contributed by atoms with Crippen molar-refractivity contribution in [1.29, 1.82) is 0 Å². The molecule has 0 aliphatic carbocycles. The Kier molecular flexibility index (Phi) is 5.41. The molecular weight excluding hydrogens is 306 g/mol. The zero-order chi connectivity index (χ0) is 16.1. The first kappa shape index (κ1) is 16.1. The Morgan fingerprint density at radius 3 is 2.65 bits per heavy atom. The van der Waals surface area contributed by atoms with Crippen LogP contribution in [0, 0.1) is 0 Å². The molecule has 5 heteroatoms. The number of aliphatic hydroxyl groups is 1. The zero-order valence-corrected chi connectivity index (χ0v) is 14.2. The van der Waals surface area contributed by atoms with Crippen LogP contribution in [0.15, 0.2) is 47.5 Å². The van der Waals surface area contributed by atoms with Gasteiger partial charge in [0.05, 0.1) is 11.8 Å². The molecule has 2 N–H and O–H groups in total. The van der Waals surface area contributed by atoms with E-state index in [2.05, 4.69) is 51.8 Å². The number of pyridine rings is 1. The van der Waals surface area contributed by atoms with Crippen LogP contribution in [0.2, 0.25) is 0 Å². The van der Waals surface area contributed by atoms with E-state index in [0.29, 0.717) is 0 Å². The lowest BCUT2D eigenvalue weighted by molar-refractivity contribution is 0.145. The number of aliphatic hydroxyl groups excluding tert-OH is 1. The Balaban J connectivity index is 1.67. The summed E-state index contributed by atoms with van der Waals surface area (Å²) < 4.78 is 0. The van der Waals surface area contributed by atoms with E-state index in [1.807, 2.05) is 12.3 Å². The summed E-state index contributed by atoms with van der Waals surface area (Å²) in [5.74, 6) is 0.986. The molecule has 1 aromatic heterocycles. The van der Waals surface area contributed by atoms with Crippen molar-refractivity contribution < 1.29 is 5.11 Å². The topological polar surface area (TPSA) is 48.4 Å². The highest BCUT2D eigenvalue weighted by atomic mass is 32.2. The van der Waals surface area contributed by atoms with Gasteiger partial charge in [-0.25, -0.2) is 4.98 Å². The van der Waals surface area contributed by atoms with Crippen LogP contribution < -0.4 is 10.2 Å². The summed E-state index contributed by atoms with van der Waals surface area (Å²) >= 11 is 1.76. The highest BCUT2D eigenvalue weighted by Crippen LogP contribution is 2.26. The van der Waals surface area contributed by atoms with Crippen molar-refractivity contribution in [2.24, 2.45) is 0 Å². The van der Waals surface area contributed by atoms with E-state index in [-0.39, 0.29) is 6.10 Å². The van der Waals surface area contributed by atoms with Gasteiger partial charge in [0, 0.05) is 30.7 Å². The first-order chi connectivity index (χ1) is 11.3. The highest BCUT2D eigenvalue weighted by molar-refractivity contribution is 7.98. The highest BCUT2D eigenvalue weighted by Gasteiger charge is 2.20. The Morgan fingerprint density at radius 2 is 1.96 bits per heavy atom. The van der Waals surface area contributed by atoms with Crippen molar-refractivity contribution in [2.75, 3.05) is 29.6 Å². The summed E-state index contributed by atoms with van der Waals surface area (Å²) in [6.45, 7) is 2.49. The fourth-order valence-corrected chi connectivity index (χ4v) is 3.21. The summed E-state index contributed by atoms with van der Waals surface area (Å²) in [7, 11) is 0. The van der Waals surface area contributed by atoms with Gasteiger partial charge in [0.25, 0.3) is 0 Å². The maximum Gasteiger partial charge on any atom is 0.151 e.